The first-order valence-electron chi connectivity index (χ1n) is 5.09. The van der Waals surface area contributed by atoms with E-state index in [4.69, 9.17) is 4.74 Å². The third-order valence-electron chi connectivity index (χ3n) is 2.81. The second-order valence-corrected chi connectivity index (χ2v) is 3.66. The number of rotatable bonds is 4. The second-order valence-electron chi connectivity index (χ2n) is 3.66. The van der Waals surface area contributed by atoms with Crippen molar-refractivity contribution in [1.29, 1.82) is 0 Å². The van der Waals surface area contributed by atoms with Crippen LogP contribution in [0.2, 0.25) is 0 Å². The van der Waals surface area contributed by atoms with Crippen molar-refractivity contribution in [3.63, 3.8) is 0 Å². The van der Waals surface area contributed by atoms with E-state index >= 15 is 0 Å². The van der Waals surface area contributed by atoms with Gasteiger partial charge in [0.1, 0.15) is 6.04 Å². The van der Waals surface area contributed by atoms with E-state index in [2.05, 4.69) is 9.88 Å². The molecule has 5 heteroatoms. The number of methoxy groups -OCH3 is 1. The molecule has 1 aromatic rings. The first-order chi connectivity index (χ1) is 7.31. The molecule has 0 aromatic carbocycles. The van der Waals surface area contributed by atoms with Gasteiger partial charge in [-0.25, -0.2) is 4.98 Å². The standard InChI is InChI=1S/C10H15N3O2/c1-15-10(14)9-2-4-13(9)7-6-12-5-3-11-8-12/h3,5,8-9H,2,4,6-7H2,1H3. The largest absolute Gasteiger partial charge is 0.468 e. The number of ether oxygens (including phenoxy) is 1. The Morgan fingerprint density at radius 1 is 1.60 bits per heavy atom. The summed E-state index contributed by atoms with van der Waals surface area (Å²) in [5.74, 6) is -0.119. The first kappa shape index (κ1) is 10.2. The van der Waals surface area contributed by atoms with Crippen LogP contribution in [-0.4, -0.2) is 46.7 Å². The molecular formula is C10H15N3O2. The molecule has 0 bridgehead atoms. The number of hydrogen-bond acceptors (Lipinski definition) is 4. The molecule has 0 amide bonds. The van der Waals surface area contributed by atoms with Crippen molar-refractivity contribution < 1.29 is 9.53 Å². The molecule has 5 nitrogen and oxygen atoms in total. The second kappa shape index (κ2) is 4.44. The van der Waals surface area contributed by atoms with E-state index in [1.165, 1.54) is 7.11 Å². The minimum atomic E-state index is -0.119. The van der Waals surface area contributed by atoms with Gasteiger partial charge in [0, 0.05) is 32.0 Å². The third-order valence-corrected chi connectivity index (χ3v) is 2.81. The van der Waals surface area contributed by atoms with Crippen LogP contribution < -0.4 is 0 Å². The highest BCUT2D eigenvalue weighted by Crippen LogP contribution is 2.17. The molecular weight excluding hydrogens is 194 g/mol. The molecule has 1 aliphatic heterocycles. The van der Waals surface area contributed by atoms with Gasteiger partial charge in [-0.3, -0.25) is 9.69 Å². The number of likely N-dealkylation sites (tertiary alicyclic amines) is 1. The molecule has 0 spiro atoms. The summed E-state index contributed by atoms with van der Waals surface area (Å²) in [6, 6.07) is -0.0291. The number of hydrogen-bond donors (Lipinski definition) is 0. The molecule has 1 atom stereocenters. The van der Waals surface area contributed by atoms with E-state index in [1.54, 1.807) is 12.5 Å². The Balaban J connectivity index is 1.78. The maximum Gasteiger partial charge on any atom is 0.323 e. The van der Waals surface area contributed by atoms with Crippen molar-refractivity contribution in [2.75, 3.05) is 20.2 Å². The van der Waals surface area contributed by atoms with Gasteiger partial charge < -0.3 is 9.30 Å². The number of carbonyl (C=O) groups excluding carboxylic acids is 1. The van der Waals surface area contributed by atoms with E-state index < -0.39 is 0 Å². The zero-order valence-corrected chi connectivity index (χ0v) is 8.80. The predicted octanol–water partition coefficient (Wildman–Crippen LogP) is 0.130. The minimum absolute atomic E-state index is 0.0291. The maximum absolute atomic E-state index is 11.3. The topological polar surface area (TPSA) is 47.4 Å². The van der Waals surface area contributed by atoms with Crippen molar-refractivity contribution >= 4 is 5.97 Å². The van der Waals surface area contributed by atoms with Gasteiger partial charge in [-0.15, -0.1) is 0 Å². The lowest BCUT2D eigenvalue weighted by Crippen LogP contribution is -2.53. The minimum Gasteiger partial charge on any atom is -0.468 e. The SMILES string of the molecule is COC(=O)C1CCN1CCn1ccnc1. The summed E-state index contributed by atoms with van der Waals surface area (Å²) in [5.41, 5.74) is 0. The van der Waals surface area contributed by atoms with Crippen molar-refractivity contribution in [3.05, 3.63) is 18.7 Å². The van der Waals surface area contributed by atoms with E-state index in [0.29, 0.717) is 0 Å². The summed E-state index contributed by atoms with van der Waals surface area (Å²) in [4.78, 5) is 17.4. The average Bonchev–Trinajstić information content (AvgIpc) is 2.69. The number of nitrogens with zero attached hydrogens (tertiary/aromatic N) is 3. The lowest BCUT2D eigenvalue weighted by atomic mass is 10.0. The van der Waals surface area contributed by atoms with E-state index in [0.717, 1.165) is 26.1 Å². The monoisotopic (exact) mass is 209 g/mol. The summed E-state index contributed by atoms with van der Waals surface area (Å²) in [6.07, 6.45) is 6.38. The van der Waals surface area contributed by atoms with Gasteiger partial charge in [-0.1, -0.05) is 0 Å². The molecule has 2 rings (SSSR count). The third kappa shape index (κ3) is 2.18. The molecule has 0 aliphatic carbocycles. The summed E-state index contributed by atoms with van der Waals surface area (Å²) in [7, 11) is 1.44. The quantitative estimate of drug-likeness (QED) is 0.661. The fourth-order valence-corrected chi connectivity index (χ4v) is 1.77. The van der Waals surface area contributed by atoms with Crippen LogP contribution in [-0.2, 0) is 16.1 Å². The van der Waals surface area contributed by atoms with Gasteiger partial charge >= 0.3 is 5.97 Å². The molecule has 82 valence electrons. The lowest BCUT2D eigenvalue weighted by Gasteiger charge is -2.38. The Labute approximate surface area is 88.7 Å². The van der Waals surface area contributed by atoms with Crippen LogP contribution in [0, 0.1) is 0 Å². The highest BCUT2D eigenvalue weighted by molar-refractivity contribution is 5.76. The van der Waals surface area contributed by atoms with Gasteiger partial charge in [0.05, 0.1) is 13.4 Å². The first-order valence-corrected chi connectivity index (χ1v) is 5.09. The summed E-state index contributed by atoms with van der Waals surface area (Å²) in [6.45, 7) is 2.72. The van der Waals surface area contributed by atoms with Gasteiger partial charge in [-0.2, -0.15) is 0 Å². The Kier molecular flexibility index (Phi) is 3.01. The zero-order chi connectivity index (χ0) is 10.7. The highest BCUT2D eigenvalue weighted by Gasteiger charge is 2.34. The van der Waals surface area contributed by atoms with E-state index in [1.807, 2.05) is 10.8 Å². The molecule has 0 radical (unpaired) electrons. The number of imidazole rings is 1. The van der Waals surface area contributed by atoms with E-state index in [9.17, 15) is 4.79 Å². The van der Waals surface area contributed by atoms with Crippen LogP contribution in [0.3, 0.4) is 0 Å². The van der Waals surface area contributed by atoms with Crippen LogP contribution >= 0.6 is 0 Å². The molecule has 1 unspecified atom stereocenters. The molecule has 1 aromatic heterocycles. The van der Waals surface area contributed by atoms with E-state index in [-0.39, 0.29) is 12.0 Å². The molecule has 1 aliphatic rings. The molecule has 1 saturated heterocycles. The molecule has 0 saturated carbocycles. The van der Waals surface area contributed by atoms with Crippen LogP contribution in [0.15, 0.2) is 18.7 Å². The van der Waals surface area contributed by atoms with Crippen molar-refractivity contribution in [1.82, 2.24) is 14.5 Å². The number of esters is 1. The smallest absolute Gasteiger partial charge is 0.323 e. The molecule has 0 N–H and O–H groups in total. The lowest BCUT2D eigenvalue weighted by molar-refractivity contribution is -0.151. The molecule has 15 heavy (non-hydrogen) atoms. The fourth-order valence-electron chi connectivity index (χ4n) is 1.77. The van der Waals surface area contributed by atoms with Gasteiger partial charge in [0.2, 0.25) is 0 Å². The molecule has 1 fully saturated rings. The normalized spacial score (nSPS) is 21.0. The predicted molar refractivity (Wildman–Crippen MR) is 54.2 cm³/mol. The summed E-state index contributed by atoms with van der Waals surface area (Å²) < 4.78 is 6.73. The van der Waals surface area contributed by atoms with Crippen LogP contribution in [0.5, 0.6) is 0 Å². The Bertz CT molecular complexity index is 323. The van der Waals surface area contributed by atoms with Crippen LogP contribution in [0.25, 0.3) is 0 Å². The highest BCUT2D eigenvalue weighted by atomic mass is 16.5. The number of aromatic nitrogens is 2. The summed E-state index contributed by atoms with van der Waals surface area (Å²) in [5, 5.41) is 0. The van der Waals surface area contributed by atoms with Crippen molar-refractivity contribution in [2.24, 2.45) is 0 Å². The maximum atomic E-state index is 11.3. The van der Waals surface area contributed by atoms with Crippen molar-refractivity contribution in [3.8, 4) is 0 Å². The van der Waals surface area contributed by atoms with Gasteiger partial charge in [-0.05, 0) is 6.42 Å². The Morgan fingerprint density at radius 2 is 2.47 bits per heavy atom. The average molecular weight is 209 g/mol. The fraction of sp³-hybridized carbons (Fsp3) is 0.600. The van der Waals surface area contributed by atoms with Crippen molar-refractivity contribution in [2.45, 2.75) is 19.0 Å². The van der Waals surface area contributed by atoms with Gasteiger partial charge in [0.15, 0.2) is 0 Å². The Hall–Kier alpha value is -1.36. The van der Waals surface area contributed by atoms with Gasteiger partial charge in [0.25, 0.3) is 0 Å². The summed E-state index contributed by atoms with van der Waals surface area (Å²) >= 11 is 0. The van der Waals surface area contributed by atoms with Crippen LogP contribution in [0.1, 0.15) is 6.42 Å². The van der Waals surface area contributed by atoms with Crippen LogP contribution in [0.4, 0.5) is 0 Å². The Morgan fingerprint density at radius 3 is 3.00 bits per heavy atom. The zero-order valence-electron chi connectivity index (χ0n) is 8.80. The molecule has 2 heterocycles. The number of carbonyl (C=O) groups is 1.